The fourth-order valence-electron chi connectivity index (χ4n) is 4.87. The van der Waals surface area contributed by atoms with Gasteiger partial charge in [0.05, 0.1) is 17.9 Å². The zero-order valence-corrected chi connectivity index (χ0v) is 18.6. The van der Waals surface area contributed by atoms with E-state index >= 15 is 0 Å². The number of fused-ring (bicyclic) bond motifs is 3. The zero-order valence-electron chi connectivity index (χ0n) is 18.6. The van der Waals surface area contributed by atoms with Crippen molar-refractivity contribution in [2.75, 3.05) is 36.9 Å². The molecule has 0 saturated carbocycles. The third kappa shape index (κ3) is 3.19. The molecule has 1 saturated heterocycles. The maximum absolute atomic E-state index is 12.9. The van der Waals surface area contributed by atoms with Crippen molar-refractivity contribution in [3.05, 3.63) is 42.0 Å². The van der Waals surface area contributed by atoms with Crippen molar-refractivity contribution < 1.29 is 9.59 Å². The van der Waals surface area contributed by atoms with Crippen LogP contribution in [0.15, 0.2) is 30.6 Å². The van der Waals surface area contributed by atoms with Crippen LogP contribution in [0.3, 0.4) is 0 Å². The molecule has 2 aliphatic rings. The smallest absolute Gasteiger partial charge is 0.289 e. The van der Waals surface area contributed by atoms with Crippen LogP contribution in [0.2, 0.25) is 0 Å². The molecule has 3 aromatic rings. The second-order valence-corrected chi connectivity index (χ2v) is 8.57. The number of aromatic nitrogens is 4. The van der Waals surface area contributed by atoms with E-state index in [1.807, 2.05) is 30.3 Å². The summed E-state index contributed by atoms with van der Waals surface area (Å²) in [6.07, 6.45) is 3.06. The lowest BCUT2D eigenvalue weighted by Crippen LogP contribution is -2.46. The molecular weight excluding hydrogens is 420 g/mol. The lowest BCUT2D eigenvalue weighted by atomic mass is 9.73. The van der Waals surface area contributed by atoms with Crippen molar-refractivity contribution in [1.29, 1.82) is 5.26 Å². The molecule has 2 amide bonds. The van der Waals surface area contributed by atoms with Crippen LogP contribution in [0.5, 0.6) is 0 Å². The number of imidazole rings is 1. The van der Waals surface area contributed by atoms with Gasteiger partial charge in [-0.15, -0.1) is 0 Å². The van der Waals surface area contributed by atoms with Gasteiger partial charge in [0.15, 0.2) is 17.0 Å². The third-order valence-electron chi connectivity index (χ3n) is 6.78. The molecule has 10 heteroatoms. The van der Waals surface area contributed by atoms with Crippen LogP contribution in [-0.2, 0) is 17.3 Å². The second-order valence-electron chi connectivity index (χ2n) is 8.57. The number of nitrogens with zero attached hydrogens (tertiary/aromatic N) is 7. The lowest BCUT2D eigenvalue weighted by molar-refractivity contribution is -0.121. The fourth-order valence-corrected chi connectivity index (χ4v) is 4.87. The largest absolute Gasteiger partial charge is 0.355 e. The van der Waals surface area contributed by atoms with Crippen LogP contribution in [0.25, 0.3) is 11.2 Å². The Hall–Kier alpha value is -4.00. The molecular formula is C23H24N8O2. The summed E-state index contributed by atoms with van der Waals surface area (Å²) in [7, 11) is 3.41. The van der Waals surface area contributed by atoms with E-state index in [-0.39, 0.29) is 24.1 Å². The highest BCUT2D eigenvalue weighted by atomic mass is 16.2. The summed E-state index contributed by atoms with van der Waals surface area (Å²) in [6.45, 7) is 1.60. The SMILES string of the molecule is CN(CCC#N)C(=O)c1nc2c(N3CCC4(CC3)C(=O)Nc3ccccc34)ncnc2n1C. The first kappa shape index (κ1) is 20.9. The molecule has 33 heavy (non-hydrogen) atoms. The number of rotatable bonds is 4. The van der Waals surface area contributed by atoms with E-state index in [1.54, 1.807) is 18.7 Å². The van der Waals surface area contributed by atoms with Crippen molar-refractivity contribution in [2.45, 2.75) is 24.7 Å². The number of piperidine rings is 1. The number of para-hydroxylation sites is 1. The second kappa shape index (κ2) is 7.85. The molecule has 1 spiro atoms. The number of amides is 2. The van der Waals surface area contributed by atoms with Crippen molar-refractivity contribution >= 4 is 34.5 Å². The third-order valence-corrected chi connectivity index (χ3v) is 6.78. The number of nitriles is 1. The first-order chi connectivity index (χ1) is 16.0. The molecule has 10 nitrogen and oxygen atoms in total. The Morgan fingerprint density at radius 3 is 2.79 bits per heavy atom. The van der Waals surface area contributed by atoms with E-state index in [2.05, 4.69) is 25.2 Å². The Labute approximate surface area is 190 Å². The van der Waals surface area contributed by atoms with Gasteiger partial charge in [-0.3, -0.25) is 9.59 Å². The summed E-state index contributed by atoms with van der Waals surface area (Å²) < 4.78 is 1.66. The van der Waals surface area contributed by atoms with E-state index < -0.39 is 5.41 Å². The minimum atomic E-state index is -0.520. The van der Waals surface area contributed by atoms with Crippen LogP contribution in [0, 0.1) is 11.3 Å². The first-order valence-corrected chi connectivity index (χ1v) is 10.9. The van der Waals surface area contributed by atoms with Crippen LogP contribution >= 0.6 is 0 Å². The lowest BCUT2D eigenvalue weighted by Gasteiger charge is -2.38. The highest BCUT2D eigenvalue weighted by Gasteiger charge is 2.48. The van der Waals surface area contributed by atoms with Crippen LogP contribution in [0.4, 0.5) is 11.5 Å². The summed E-state index contributed by atoms with van der Waals surface area (Å²) in [6, 6.07) is 9.94. The topological polar surface area (TPSA) is 120 Å². The van der Waals surface area contributed by atoms with Gasteiger partial charge in [-0.25, -0.2) is 15.0 Å². The Morgan fingerprint density at radius 1 is 1.27 bits per heavy atom. The molecule has 0 radical (unpaired) electrons. The van der Waals surface area contributed by atoms with Gasteiger partial charge in [-0.05, 0) is 24.5 Å². The minimum Gasteiger partial charge on any atom is -0.355 e. The van der Waals surface area contributed by atoms with E-state index in [0.717, 1.165) is 11.3 Å². The van der Waals surface area contributed by atoms with Gasteiger partial charge in [0.2, 0.25) is 11.7 Å². The Kier molecular flexibility index (Phi) is 4.96. The highest BCUT2D eigenvalue weighted by molar-refractivity contribution is 6.06. The average molecular weight is 444 g/mol. The molecule has 1 fully saturated rings. The summed E-state index contributed by atoms with van der Waals surface area (Å²) in [5, 5.41) is 11.8. The van der Waals surface area contributed by atoms with Gasteiger partial charge in [-0.2, -0.15) is 5.26 Å². The molecule has 2 aliphatic heterocycles. The number of benzene rings is 1. The van der Waals surface area contributed by atoms with Crippen LogP contribution < -0.4 is 10.2 Å². The predicted molar refractivity (Wildman–Crippen MR) is 122 cm³/mol. The molecule has 0 aliphatic carbocycles. The standard InChI is InChI=1S/C23H24N8O2/c1-29(11-5-10-24)21(32)20-28-17-18(30(20)2)25-14-26-19(17)31-12-8-23(9-13-31)15-6-3-4-7-16(15)27-22(23)33/h3-4,6-7,14H,5,8-9,11-13H2,1-2H3,(H,27,33). The molecule has 0 unspecified atom stereocenters. The van der Waals surface area contributed by atoms with E-state index in [4.69, 9.17) is 5.26 Å². The Bertz CT molecular complexity index is 1300. The first-order valence-electron chi connectivity index (χ1n) is 10.9. The number of nitrogens with one attached hydrogen (secondary N) is 1. The zero-order chi connectivity index (χ0) is 23.2. The number of carbonyl (C=O) groups is 2. The predicted octanol–water partition coefficient (Wildman–Crippen LogP) is 1.84. The summed E-state index contributed by atoms with van der Waals surface area (Å²) in [5.41, 5.74) is 2.57. The molecule has 0 bridgehead atoms. The van der Waals surface area contributed by atoms with E-state index in [1.165, 1.54) is 11.2 Å². The number of carbonyl (C=O) groups excluding carboxylic acids is 2. The Balaban J connectivity index is 1.43. The van der Waals surface area contributed by atoms with Gasteiger partial charge in [0, 0.05) is 39.4 Å². The summed E-state index contributed by atoms with van der Waals surface area (Å²) >= 11 is 0. The normalized spacial score (nSPS) is 16.5. The summed E-state index contributed by atoms with van der Waals surface area (Å²) in [5.74, 6) is 0.705. The van der Waals surface area contributed by atoms with Crippen molar-refractivity contribution in [3.63, 3.8) is 0 Å². The molecule has 5 rings (SSSR count). The van der Waals surface area contributed by atoms with Crippen LogP contribution in [-0.4, -0.2) is 62.9 Å². The van der Waals surface area contributed by atoms with Gasteiger partial charge in [0.1, 0.15) is 6.33 Å². The fraction of sp³-hybridized carbons (Fsp3) is 0.391. The number of aryl methyl sites for hydroxylation is 1. The maximum Gasteiger partial charge on any atom is 0.289 e. The molecule has 1 N–H and O–H groups in total. The van der Waals surface area contributed by atoms with Crippen molar-refractivity contribution in [2.24, 2.45) is 7.05 Å². The van der Waals surface area contributed by atoms with Crippen molar-refractivity contribution in [3.8, 4) is 6.07 Å². The van der Waals surface area contributed by atoms with E-state index in [9.17, 15) is 9.59 Å². The highest BCUT2D eigenvalue weighted by Crippen LogP contribution is 2.45. The average Bonchev–Trinajstić information content (AvgIpc) is 3.32. The van der Waals surface area contributed by atoms with Gasteiger partial charge in [0.25, 0.3) is 5.91 Å². The maximum atomic E-state index is 12.9. The number of hydrogen-bond acceptors (Lipinski definition) is 7. The van der Waals surface area contributed by atoms with Gasteiger partial charge < -0.3 is 19.7 Å². The number of hydrogen-bond donors (Lipinski definition) is 1. The van der Waals surface area contributed by atoms with Crippen LogP contribution in [0.1, 0.15) is 35.4 Å². The molecule has 0 atom stereocenters. The molecule has 168 valence electrons. The molecule has 4 heterocycles. The number of anilines is 2. The minimum absolute atomic E-state index is 0.0577. The molecule has 1 aromatic carbocycles. The monoisotopic (exact) mass is 444 g/mol. The van der Waals surface area contributed by atoms with Gasteiger partial charge >= 0.3 is 0 Å². The summed E-state index contributed by atoms with van der Waals surface area (Å²) in [4.78, 5) is 42.8. The molecule has 2 aromatic heterocycles. The van der Waals surface area contributed by atoms with Crippen molar-refractivity contribution in [1.82, 2.24) is 24.4 Å². The van der Waals surface area contributed by atoms with E-state index in [0.29, 0.717) is 49.5 Å². The Morgan fingerprint density at radius 2 is 2.03 bits per heavy atom. The quantitative estimate of drug-likeness (QED) is 0.652. The van der Waals surface area contributed by atoms with Gasteiger partial charge in [-0.1, -0.05) is 18.2 Å².